The number of anilines is 1. The molecule has 0 fully saturated rings. The Kier molecular flexibility index (Phi) is 3.13. The fourth-order valence-electron chi connectivity index (χ4n) is 1.62. The van der Waals surface area contributed by atoms with Crippen molar-refractivity contribution in [3.63, 3.8) is 0 Å². The number of carbonyl (C=O) groups is 1. The Morgan fingerprint density at radius 2 is 2.38 bits per heavy atom. The van der Waals surface area contributed by atoms with E-state index in [4.69, 9.17) is 11.0 Å². The number of hydrogen-bond acceptors (Lipinski definition) is 4. The summed E-state index contributed by atoms with van der Waals surface area (Å²) in [5.41, 5.74) is 7.34. The molecular formula is C11H11N3OS. The molecule has 0 aromatic heterocycles. The molecule has 0 aliphatic carbocycles. The highest BCUT2D eigenvalue weighted by Crippen LogP contribution is 2.35. The minimum absolute atomic E-state index is 0.0202. The van der Waals surface area contributed by atoms with Crippen LogP contribution in [0.15, 0.2) is 23.1 Å². The molecule has 0 saturated heterocycles. The van der Waals surface area contributed by atoms with Crippen LogP contribution >= 0.6 is 11.8 Å². The van der Waals surface area contributed by atoms with E-state index in [1.165, 1.54) is 16.7 Å². The monoisotopic (exact) mass is 233 g/mol. The Balaban J connectivity index is 2.44. The molecule has 82 valence electrons. The molecule has 0 bridgehead atoms. The summed E-state index contributed by atoms with van der Waals surface area (Å²) in [5.74, 6) is 0.379. The topological polar surface area (TPSA) is 70.1 Å². The number of nitriles is 1. The number of nitrogens with zero attached hydrogens (tertiary/aromatic N) is 2. The normalized spacial score (nSPS) is 14.5. The maximum atomic E-state index is 11.7. The van der Waals surface area contributed by atoms with Crippen LogP contribution in [0.5, 0.6) is 0 Å². The molecule has 0 radical (unpaired) electrons. The number of hydrogen-bond donors (Lipinski definition) is 1. The molecule has 0 atom stereocenters. The van der Waals surface area contributed by atoms with Crippen LogP contribution < -0.4 is 10.6 Å². The summed E-state index contributed by atoms with van der Waals surface area (Å²) in [6.45, 7) is 0.535. The van der Waals surface area contributed by atoms with Gasteiger partial charge in [-0.15, -0.1) is 11.8 Å². The third kappa shape index (κ3) is 1.90. The first-order valence-corrected chi connectivity index (χ1v) is 5.88. The number of benzene rings is 1. The first kappa shape index (κ1) is 11.0. The summed E-state index contributed by atoms with van der Waals surface area (Å²) >= 11 is 1.50. The maximum Gasteiger partial charge on any atom is 0.238 e. The molecule has 16 heavy (non-hydrogen) atoms. The number of rotatable bonds is 2. The molecular weight excluding hydrogens is 222 g/mol. The quantitative estimate of drug-likeness (QED) is 0.777. The van der Waals surface area contributed by atoms with E-state index in [9.17, 15) is 4.79 Å². The molecule has 2 rings (SSSR count). The zero-order chi connectivity index (χ0) is 11.5. The molecule has 1 heterocycles. The van der Waals surface area contributed by atoms with Crippen LogP contribution in [-0.2, 0) is 11.3 Å². The van der Waals surface area contributed by atoms with E-state index in [2.05, 4.69) is 0 Å². The first-order valence-electron chi connectivity index (χ1n) is 4.89. The number of carbonyl (C=O) groups excluding carboxylic acids is 1. The van der Waals surface area contributed by atoms with Crippen molar-refractivity contribution in [1.29, 1.82) is 5.26 Å². The van der Waals surface area contributed by atoms with Crippen LogP contribution in [0.2, 0.25) is 0 Å². The molecule has 1 amide bonds. The third-order valence-electron chi connectivity index (χ3n) is 2.43. The predicted molar refractivity (Wildman–Crippen MR) is 63.0 cm³/mol. The van der Waals surface area contributed by atoms with E-state index in [-0.39, 0.29) is 12.5 Å². The van der Waals surface area contributed by atoms with Crippen molar-refractivity contribution in [3.8, 4) is 6.07 Å². The van der Waals surface area contributed by atoms with Gasteiger partial charge < -0.3 is 5.73 Å². The summed E-state index contributed by atoms with van der Waals surface area (Å²) in [5, 5.41) is 8.71. The molecule has 1 aromatic carbocycles. The van der Waals surface area contributed by atoms with Gasteiger partial charge in [0.25, 0.3) is 0 Å². The largest absolute Gasteiger partial charge is 0.326 e. The van der Waals surface area contributed by atoms with Crippen LogP contribution in [0.1, 0.15) is 5.56 Å². The highest BCUT2D eigenvalue weighted by atomic mass is 32.2. The van der Waals surface area contributed by atoms with Crippen molar-refractivity contribution in [2.75, 3.05) is 17.2 Å². The van der Waals surface area contributed by atoms with Crippen molar-refractivity contribution in [3.05, 3.63) is 23.8 Å². The molecule has 4 nitrogen and oxygen atoms in total. The lowest BCUT2D eigenvalue weighted by atomic mass is 10.2. The highest BCUT2D eigenvalue weighted by Gasteiger charge is 2.24. The first-order chi connectivity index (χ1) is 7.76. The van der Waals surface area contributed by atoms with Crippen molar-refractivity contribution >= 4 is 23.4 Å². The Morgan fingerprint density at radius 1 is 1.56 bits per heavy atom. The van der Waals surface area contributed by atoms with Gasteiger partial charge in [0.2, 0.25) is 5.91 Å². The molecule has 1 aliphatic rings. The minimum atomic E-state index is -0.0202. The minimum Gasteiger partial charge on any atom is -0.326 e. The van der Waals surface area contributed by atoms with Gasteiger partial charge in [-0.2, -0.15) is 5.26 Å². The number of amides is 1. The van der Waals surface area contributed by atoms with Crippen molar-refractivity contribution < 1.29 is 4.79 Å². The molecule has 0 saturated carbocycles. The average molecular weight is 233 g/mol. The fraction of sp³-hybridized carbons (Fsp3) is 0.273. The second kappa shape index (κ2) is 4.56. The zero-order valence-corrected chi connectivity index (χ0v) is 9.46. The number of thioether (sulfide) groups is 1. The van der Waals surface area contributed by atoms with Crippen LogP contribution in [0.4, 0.5) is 5.69 Å². The smallest absolute Gasteiger partial charge is 0.238 e. The van der Waals surface area contributed by atoms with Crippen LogP contribution in [-0.4, -0.2) is 18.2 Å². The van der Waals surface area contributed by atoms with Crippen LogP contribution in [0, 0.1) is 11.3 Å². The molecule has 1 aromatic rings. The van der Waals surface area contributed by atoms with Gasteiger partial charge in [0.05, 0.1) is 17.5 Å². The SMILES string of the molecule is N#CCN1C(=O)CSc2ccc(CN)cc21. The van der Waals surface area contributed by atoms with Crippen LogP contribution in [0.25, 0.3) is 0 Å². The lowest BCUT2D eigenvalue weighted by Gasteiger charge is -2.27. The summed E-state index contributed by atoms with van der Waals surface area (Å²) in [6, 6.07) is 7.80. The fourth-order valence-corrected chi connectivity index (χ4v) is 2.53. The Hall–Kier alpha value is -1.51. The Bertz CT molecular complexity index is 467. The lowest BCUT2D eigenvalue weighted by Crippen LogP contribution is -2.35. The second-order valence-corrected chi connectivity index (χ2v) is 4.45. The molecule has 0 unspecified atom stereocenters. The maximum absolute atomic E-state index is 11.7. The standard InChI is InChI=1S/C11H11N3OS/c12-3-4-14-9-5-8(6-13)1-2-10(9)16-7-11(14)15/h1-2,5H,4,6-7,13H2. The summed E-state index contributed by atoms with van der Waals surface area (Å²) in [4.78, 5) is 14.2. The second-order valence-electron chi connectivity index (χ2n) is 3.43. The van der Waals surface area contributed by atoms with E-state index in [1.807, 2.05) is 24.3 Å². The van der Waals surface area contributed by atoms with Crippen molar-refractivity contribution in [2.24, 2.45) is 5.73 Å². The van der Waals surface area contributed by atoms with Gasteiger partial charge in [0, 0.05) is 11.4 Å². The van der Waals surface area contributed by atoms with Gasteiger partial charge in [0.15, 0.2) is 0 Å². The number of fused-ring (bicyclic) bond motifs is 1. The van der Waals surface area contributed by atoms with Crippen LogP contribution in [0.3, 0.4) is 0 Å². The van der Waals surface area contributed by atoms with E-state index < -0.39 is 0 Å². The summed E-state index contributed by atoms with van der Waals surface area (Å²) in [7, 11) is 0. The van der Waals surface area contributed by atoms with Gasteiger partial charge in [0.1, 0.15) is 6.54 Å². The Labute approximate surface area is 98.0 Å². The lowest BCUT2D eigenvalue weighted by molar-refractivity contribution is -0.116. The van der Waals surface area contributed by atoms with Gasteiger partial charge in [-0.05, 0) is 17.7 Å². The van der Waals surface area contributed by atoms with Gasteiger partial charge in [-0.3, -0.25) is 9.69 Å². The van der Waals surface area contributed by atoms with Gasteiger partial charge in [-0.1, -0.05) is 6.07 Å². The van der Waals surface area contributed by atoms with Crippen molar-refractivity contribution in [1.82, 2.24) is 0 Å². The molecule has 0 spiro atoms. The molecule has 1 aliphatic heterocycles. The summed E-state index contributed by atoms with van der Waals surface area (Å²) in [6.07, 6.45) is 0. The Morgan fingerprint density at radius 3 is 3.06 bits per heavy atom. The van der Waals surface area contributed by atoms with Gasteiger partial charge >= 0.3 is 0 Å². The molecule has 5 heteroatoms. The predicted octanol–water partition coefficient (Wildman–Crippen LogP) is 1.11. The van der Waals surface area contributed by atoms with Crippen molar-refractivity contribution in [2.45, 2.75) is 11.4 Å². The average Bonchev–Trinajstić information content (AvgIpc) is 2.32. The number of nitrogens with two attached hydrogens (primary N) is 1. The zero-order valence-electron chi connectivity index (χ0n) is 8.64. The molecule has 2 N–H and O–H groups in total. The highest BCUT2D eigenvalue weighted by molar-refractivity contribution is 8.00. The van der Waals surface area contributed by atoms with E-state index >= 15 is 0 Å². The third-order valence-corrected chi connectivity index (χ3v) is 3.48. The van der Waals surface area contributed by atoms with E-state index in [1.54, 1.807) is 0 Å². The van der Waals surface area contributed by atoms with E-state index in [0.717, 1.165) is 16.1 Å². The van der Waals surface area contributed by atoms with E-state index in [0.29, 0.717) is 12.3 Å². The van der Waals surface area contributed by atoms with Gasteiger partial charge in [-0.25, -0.2) is 0 Å². The summed E-state index contributed by atoms with van der Waals surface area (Å²) < 4.78 is 0.